The molecule has 0 aliphatic heterocycles. The third-order valence-electron chi connectivity index (χ3n) is 2.27. The molecule has 0 unspecified atom stereocenters. The minimum absolute atomic E-state index is 0.549. The van der Waals surface area contributed by atoms with Gasteiger partial charge in [0.15, 0.2) is 0 Å². The van der Waals surface area contributed by atoms with E-state index >= 15 is 0 Å². The second-order valence-corrected chi connectivity index (χ2v) is 4.17. The van der Waals surface area contributed by atoms with Gasteiger partial charge in [0.05, 0.1) is 11.9 Å². The van der Waals surface area contributed by atoms with Gasteiger partial charge in [0, 0.05) is 25.5 Å². The summed E-state index contributed by atoms with van der Waals surface area (Å²) in [6.07, 6.45) is 4.21. The van der Waals surface area contributed by atoms with Crippen LogP contribution in [0.15, 0.2) is 12.4 Å². The molecule has 0 atom stereocenters. The molecule has 2 rings (SSSR count). The SMILES string of the molecule is Cn1c(Cl)cnc1Cn1cc(CCCl)nn1. The van der Waals surface area contributed by atoms with Gasteiger partial charge in [-0.25, -0.2) is 9.67 Å². The Kier molecular flexibility index (Phi) is 3.46. The number of rotatable bonds is 4. The molecule has 0 radical (unpaired) electrons. The van der Waals surface area contributed by atoms with Crippen molar-refractivity contribution < 1.29 is 0 Å². The maximum absolute atomic E-state index is 5.89. The van der Waals surface area contributed by atoms with Crippen molar-refractivity contribution in [2.45, 2.75) is 13.0 Å². The second kappa shape index (κ2) is 4.84. The lowest BCUT2D eigenvalue weighted by Crippen LogP contribution is -2.06. The number of alkyl halides is 1. The van der Waals surface area contributed by atoms with Gasteiger partial charge in [-0.05, 0) is 0 Å². The summed E-state index contributed by atoms with van der Waals surface area (Å²) in [6, 6.07) is 0. The summed E-state index contributed by atoms with van der Waals surface area (Å²) in [4.78, 5) is 4.18. The summed E-state index contributed by atoms with van der Waals surface area (Å²) in [6.45, 7) is 0.554. The highest BCUT2D eigenvalue weighted by Crippen LogP contribution is 2.10. The molecule has 0 bridgehead atoms. The quantitative estimate of drug-likeness (QED) is 0.782. The van der Waals surface area contributed by atoms with Crippen molar-refractivity contribution in [3.05, 3.63) is 29.1 Å². The minimum atomic E-state index is 0.549. The summed E-state index contributed by atoms with van der Waals surface area (Å²) >= 11 is 11.5. The van der Waals surface area contributed by atoms with E-state index in [1.807, 2.05) is 17.8 Å². The normalized spacial score (nSPS) is 10.9. The number of hydrogen-bond acceptors (Lipinski definition) is 3. The van der Waals surface area contributed by atoms with E-state index in [0.717, 1.165) is 17.9 Å². The van der Waals surface area contributed by atoms with Crippen LogP contribution in [0.2, 0.25) is 5.15 Å². The lowest BCUT2D eigenvalue weighted by molar-refractivity contribution is 0.607. The zero-order valence-corrected chi connectivity index (χ0v) is 10.3. The molecule has 2 aromatic rings. The van der Waals surface area contributed by atoms with Gasteiger partial charge >= 0.3 is 0 Å². The molecule has 0 N–H and O–H groups in total. The molecule has 16 heavy (non-hydrogen) atoms. The Morgan fingerprint density at radius 3 is 2.88 bits per heavy atom. The molecule has 0 aromatic carbocycles. The molecule has 0 fully saturated rings. The van der Waals surface area contributed by atoms with Gasteiger partial charge in [-0.3, -0.25) is 0 Å². The molecule has 0 spiro atoms. The van der Waals surface area contributed by atoms with Gasteiger partial charge in [-0.15, -0.1) is 16.7 Å². The van der Waals surface area contributed by atoms with Crippen LogP contribution in [0.5, 0.6) is 0 Å². The van der Waals surface area contributed by atoms with E-state index in [9.17, 15) is 0 Å². The average molecular weight is 260 g/mol. The van der Waals surface area contributed by atoms with Gasteiger partial charge in [-0.1, -0.05) is 16.8 Å². The van der Waals surface area contributed by atoms with Crippen LogP contribution in [0, 0.1) is 0 Å². The Labute approximate surface area is 103 Å². The highest BCUT2D eigenvalue weighted by atomic mass is 35.5. The first-order chi connectivity index (χ1) is 7.70. The van der Waals surface area contributed by atoms with Crippen LogP contribution < -0.4 is 0 Å². The first kappa shape index (κ1) is 11.4. The predicted octanol–water partition coefficient (Wildman–Crippen LogP) is 1.49. The summed E-state index contributed by atoms with van der Waals surface area (Å²) < 4.78 is 3.53. The fraction of sp³-hybridized carbons (Fsp3) is 0.444. The molecular weight excluding hydrogens is 249 g/mol. The number of imidazole rings is 1. The predicted molar refractivity (Wildman–Crippen MR) is 61.8 cm³/mol. The largest absolute Gasteiger partial charge is 0.321 e. The summed E-state index contributed by atoms with van der Waals surface area (Å²) in [7, 11) is 1.86. The first-order valence-corrected chi connectivity index (χ1v) is 5.73. The van der Waals surface area contributed by atoms with Gasteiger partial charge in [0.1, 0.15) is 17.5 Å². The summed E-state index contributed by atoms with van der Waals surface area (Å²) in [5.41, 5.74) is 0.885. The molecule has 5 nitrogen and oxygen atoms in total. The fourth-order valence-electron chi connectivity index (χ4n) is 1.34. The van der Waals surface area contributed by atoms with Crippen molar-refractivity contribution >= 4 is 23.2 Å². The Morgan fingerprint density at radius 2 is 2.25 bits per heavy atom. The summed E-state index contributed by atoms with van der Waals surface area (Å²) in [5.74, 6) is 1.39. The highest BCUT2D eigenvalue weighted by Gasteiger charge is 2.06. The van der Waals surface area contributed by atoms with E-state index in [2.05, 4.69) is 15.3 Å². The monoisotopic (exact) mass is 259 g/mol. The molecule has 2 heterocycles. The maximum Gasteiger partial charge on any atom is 0.131 e. The Bertz CT molecular complexity index is 476. The fourth-order valence-corrected chi connectivity index (χ4v) is 1.68. The zero-order chi connectivity index (χ0) is 11.5. The van der Waals surface area contributed by atoms with Crippen LogP contribution in [0.1, 0.15) is 11.5 Å². The Balaban J connectivity index is 2.11. The number of aryl methyl sites for hydroxylation is 1. The Hall–Kier alpha value is -1.07. The van der Waals surface area contributed by atoms with Crippen molar-refractivity contribution in [3.63, 3.8) is 0 Å². The lowest BCUT2D eigenvalue weighted by Gasteiger charge is -2.01. The van der Waals surface area contributed by atoms with Crippen LogP contribution in [0.3, 0.4) is 0 Å². The molecule has 0 aliphatic rings. The van der Waals surface area contributed by atoms with Crippen LogP contribution in [-0.2, 0) is 20.0 Å². The zero-order valence-electron chi connectivity index (χ0n) is 8.77. The van der Waals surface area contributed by atoms with Crippen molar-refractivity contribution in [1.82, 2.24) is 24.5 Å². The molecule has 0 saturated carbocycles. The lowest BCUT2D eigenvalue weighted by atomic mass is 10.4. The molecule has 0 saturated heterocycles. The standard InChI is InChI=1S/C9H11Cl2N5/c1-15-8(11)4-12-9(15)6-16-5-7(2-3-10)13-14-16/h4-5H,2-3,6H2,1H3. The van der Waals surface area contributed by atoms with Gasteiger partial charge < -0.3 is 4.57 Å². The maximum atomic E-state index is 5.89. The number of halogens is 2. The van der Waals surface area contributed by atoms with Crippen molar-refractivity contribution in [2.75, 3.05) is 5.88 Å². The van der Waals surface area contributed by atoms with Crippen molar-refractivity contribution in [2.24, 2.45) is 7.05 Å². The molecular formula is C9H11Cl2N5. The third-order valence-corrected chi connectivity index (χ3v) is 2.81. The Morgan fingerprint density at radius 1 is 1.44 bits per heavy atom. The smallest absolute Gasteiger partial charge is 0.131 e. The molecule has 86 valence electrons. The van der Waals surface area contributed by atoms with Crippen molar-refractivity contribution in [1.29, 1.82) is 0 Å². The van der Waals surface area contributed by atoms with Crippen molar-refractivity contribution in [3.8, 4) is 0 Å². The van der Waals surface area contributed by atoms with E-state index in [1.165, 1.54) is 0 Å². The number of aromatic nitrogens is 5. The molecule has 0 amide bonds. The van der Waals surface area contributed by atoms with Gasteiger partial charge in [0.2, 0.25) is 0 Å². The van der Waals surface area contributed by atoms with E-state index in [4.69, 9.17) is 23.2 Å². The van der Waals surface area contributed by atoms with E-state index in [-0.39, 0.29) is 0 Å². The van der Waals surface area contributed by atoms with Crippen LogP contribution in [0.25, 0.3) is 0 Å². The van der Waals surface area contributed by atoms with Gasteiger partial charge in [0.25, 0.3) is 0 Å². The molecule has 2 aromatic heterocycles. The average Bonchev–Trinajstić information content (AvgIpc) is 2.82. The second-order valence-electron chi connectivity index (χ2n) is 3.40. The van der Waals surface area contributed by atoms with E-state index in [0.29, 0.717) is 17.6 Å². The number of nitrogens with zero attached hydrogens (tertiary/aromatic N) is 5. The number of hydrogen-bond donors (Lipinski definition) is 0. The van der Waals surface area contributed by atoms with Crippen LogP contribution in [0.4, 0.5) is 0 Å². The third kappa shape index (κ3) is 2.36. The van der Waals surface area contributed by atoms with Crippen LogP contribution >= 0.6 is 23.2 Å². The molecule has 0 aliphatic carbocycles. The summed E-state index contributed by atoms with van der Waals surface area (Å²) in [5, 5.41) is 8.60. The van der Waals surface area contributed by atoms with Gasteiger partial charge in [-0.2, -0.15) is 0 Å². The molecule has 7 heteroatoms. The minimum Gasteiger partial charge on any atom is -0.321 e. The highest BCUT2D eigenvalue weighted by molar-refractivity contribution is 6.29. The van der Waals surface area contributed by atoms with Crippen LogP contribution in [-0.4, -0.2) is 30.4 Å². The first-order valence-electron chi connectivity index (χ1n) is 4.81. The van der Waals surface area contributed by atoms with E-state index in [1.54, 1.807) is 10.9 Å². The van der Waals surface area contributed by atoms with E-state index < -0.39 is 0 Å². The topological polar surface area (TPSA) is 48.5 Å².